The average Bonchev–Trinajstić information content (AvgIpc) is 1.55. The van der Waals surface area contributed by atoms with Crippen molar-refractivity contribution in [3.63, 3.8) is 0 Å². The van der Waals surface area contributed by atoms with Gasteiger partial charge in [0.15, 0.2) is 0 Å². The topological polar surface area (TPSA) is 42.8 Å². The molecule has 0 saturated carbocycles. The lowest BCUT2D eigenvalue weighted by atomic mass is 9.66. The number of para-hydroxylation sites is 6. The van der Waals surface area contributed by atoms with Crippen molar-refractivity contribution in [2.75, 3.05) is 16.5 Å². The number of hydrogen-bond donors (Lipinski definition) is 0. The van der Waals surface area contributed by atoms with Crippen LogP contribution in [0.4, 0.5) is 22.7 Å². The Morgan fingerprint density at radius 1 is 0.379 bits per heavy atom. The zero-order valence-corrected chi connectivity index (χ0v) is 56.6. The van der Waals surface area contributed by atoms with Crippen LogP contribution in [0.15, 0.2) is 255 Å². The molecule has 95 heavy (non-hydrogen) atoms. The van der Waals surface area contributed by atoms with E-state index in [9.17, 15) is 0 Å². The molecule has 6 nitrogen and oxygen atoms in total. The van der Waals surface area contributed by atoms with Crippen LogP contribution < -0.4 is 19.3 Å². The van der Waals surface area contributed by atoms with Crippen LogP contribution in [0.2, 0.25) is 0 Å². The van der Waals surface area contributed by atoms with E-state index >= 15 is 0 Å². The zero-order chi connectivity index (χ0) is 65.5. The summed E-state index contributed by atoms with van der Waals surface area (Å²) in [6.45, 7) is 28.3. The highest BCUT2D eigenvalue weighted by atomic mass is 16.5. The van der Waals surface area contributed by atoms with Crippen LogP contribution in [0.25, 0.3) is 72.1 Å². The lowest BCUT2D eigenvalue weighted by Crippen LogP contribution is -2.32. The quantitative estimate of drug-likeness (QED) is 0.152. The fourth-order valence-corrected chi connectivity index (χ4v) is 15.3. The molecule has 0 fully saturated rings. The van der Waals surface area contributed by atoms with Crippen molar-refractivity contribution in [1.29, 1.82) is 0 Å². The largest absolute Gasteiger partial charge is 0.457 e. The molecule has 0 amide bonds. The second-order valence-electron chi connectivity index (χ2n) is 30.4. The third-order valence-electron chi connectivity index (χ3n) is 20.2. The number of anilines is 4. The maximum absolute atomic E-state index is 7.06. The van der Waals surface area contributed by atoms with Crippen molar-refractivity contribution in [2.24, 2.45) is 0 Å². The third kappa shape index (κ3) is 9.85. The number of fused-ring (bicyclic) bond motifs is 13. The van der Waals surface area contributed by atoms with Crippen molar-refractivity contribution < 1.29 is 9.47 Å². The van der Waals surface area contributed by atoms with Crippen molar-refractivity contribution in [2.45, 2.75) is 110 Å². The van der Waals surface area contributed by atoms with Gasteiger partial charge in [-0.05, 0) is 150 Å². The van der Waals surface area contributed by atoms with Crippen molar-refractivity contribution in [3.8, 4) is 73.3 Å². The van der Waals surface area contributed by atoms with Crippen LogP contribution >= 0.6 is 0 Å². The summed E-state index contributed by atoms with van der Waals surface area (Å²) < 4.78 is 16.1. The van der Waals surface area contributed by atoms with Crippen LogP contribution in [-0.4, -0.2) is 16.2 Å². The zero-order valence-electron chi connectivity index (χ0n) is 56.6. The molecule has 2 aliphatic heterocycles. The first-order valence-electron chi connectivity index (χ1n) is 33.6. The number of ether oxygens (including phenoxy) is 2. The van der Waals surface area contributed by atoms with E-state index in [1.165, 1.54) is 61.2 Å². The Morgan fingerprint density at radius 2 is 0.937 bits per heavy atom. The number of pyridine rings is 1. The summed E-state index contributed by atoms with van der Waals surface area (Å²) >= 11 is 0. The molecule has 3 aliphatic rings. The summed E-state index contributed by atoms with van der Waals surface area (Å²) in [6, 6.07) is 91.7. The monoisotopic (exact) mass is 1240 g/mol. The SMILES string of the molecule is CC(C)(C)c1cccc(-c2cnc(-n3c4ccccc4c4ccc(Oc5cccc(N6CN(c7c(-c8cc(C(C)(C)C)cc(C(C)(C)C)c8)cccc7-c7ccc8c(c7)-c7ccccc7C87c8ccccc8Oc8ccccc87)c7ccccc76)c5)cc43)cc2C(C)(C)C)c1. The van der Waals surface area contributed by atoms with E-state index in [1.807, 2.05) is 0 Å². The molecule has 6 heteroatoms. The minimum absolute atomic E-state index is 0.0188. The molecular formula is C89H80N4O2. The van der Waals surface area contributed by atoms with Gasteiger partial charge in [0, 0.05) is 62.6 Å². The highest BCUT2D eigenvalue weighted by molar-refractivity contribution is 6.10. The molecule has 13 aromatic rings. The molecule has 16 rings (SSSR count). The van der Waals surface area contributed by atoms with Gasteiger partial charge in [0.2, 0.25) is 0 Å². The molecule has 0 radical (unpaired) electrons. The number of aromatic nitrogens is 2. The second kappa shape index (κ2) is 21.8. The van der Waals surface area contributed by atoms with Crippen LogP contribution in [0.1, 0.15) is 128 Å². The van der Waals surface area contributed by atoms with E-state index in [4.69, 9.17) is 14.5 Å². The molecule has 2 aromatic heterocycles. The Hall–Kier alpha value is -10.4. The molecule has 4 heterocycles. The molecular weight excluding hydrogens is 1160 g/mol. The Labute approximate surface area is 559 Å². The van der Waals surface area contributed by atoms with Crippen LogP contribution in [0, 0.1) is 0 Å². The van der Waals surface area contributed by atoms with E-state index in [1.54, 1.807) is 0 Å². The molecule has 468 valence electrons. The van der Waals surface area contributed by atoms with Gasteiger partial charge in [0.05, 0.1) is 33.5 Å². The standard InChI is InChI=1S/C89H80N4O2/c1-85(2,3)59-27-23-26-56(46-59)71-54-90-83(53-76(71)88(10,11)12)93-77-37-18-14-31-68(77)69-44-43-64(52-80(69)93)94-63-29-24-28-62(51-63)91-55-92(79-39-20-19-38-78(79)91)84-65(32-25-33-66(84)58-47-60(86(4,5)6)50-61(48-58)87(7,8)9)57-42-45-73-70(49-57)67-30-13-15-34-72(67)89(73)74-35-16-21-40-81(74)95-82-41-22-17-36-75(82)89/h13-54H,55H2,1-12H3. The Morgan fingerprint density at radius 3 is 1.64 bits per heavy atom. The van der Waals surface area contributed by atoms with E-state index < -0.39 is 5.41 Å². The highest BCUT2D eigenvalue weighted by Gasteiger charge is 2.51. The van der Waals surface area contributed by atoms with Gasteiger partial charge < -0.3 is 19.3 Å². The molecule has 0 bridgehead atoms. The van der Waals surface area contributed by atoms with E-state index in [-0.39, 0.29) is 21.7 Å². The van der Waals surface area contributed by atoms with Gasteiger partial charge in [-0.3, -0.25) is 4.57 Å². The van der Waals surface area contributed by atoms with Gasteiger partial charge >= 0.3 is 0 Å². The number of rotatable bonds is 8. The smallest absolute Gasteiger partial charge is 0.137 e. The van der Waals surface area contributed by atoms with Crippen molar-refractivity contribution in [3.05, 3.63) is 299 Å². The molecule has 0 N–H and O–H groups in total. The van der Waals surface area contributed by atoms with Gasteiger partial charge in [0.25, 0.3) is 0 Å². The molecule has 1 spiro atoms. The van der Waals surface area contributed by atoms with Gasteiger partial charge in [-0.2, -0.15) is 0 Å². The van der Waals surface area contributed by atoms with Gasteiger partial charge in [0.1, 0.15) is 35.5 Å². The van der Waals surface area contributed by atoms with Crippen LogP contribution in [-0.2, 0) is 27.1 Å². The fourth-order valence-electron chi connectivity index (χ4n) is 15.3. The first-order valence-corrected chi connectivity index (χ1v) is 33.6. The average molecular weight is 1240 g/mol. The summed E-state index contributed by atoms with van der Waals surface area (Å²) in [5.74, 6) is 4.14. The summed E-state index contributed by atoms with van der Waals surface area (Å²) in [4.78, 5) is 10.3. The Kier molecular flexibility index (Phi) is 13.7. The molecule has 0 saturated heterocycles. The fraction of sp³-hybridized carbons (Fsp3) is 0.202. The maximum atomic E-state index is 7.06. The predicted octanol–water partition coefficient (Wildman–Crippen LogP) is 23.9. The molecule has 0 atom stereocenters. The second-order valence-corrected chi connectivity index (χ2v) is 30.4. The van der Waals surface area contributed by atoms with Gasteiger partial charge in [-0.15, -0.1) is 0 Å². The lowest BCUT2D eigenvalue weighted by Gasteiger charge is -2.39. The lowest BCUT2D eigenvalue weighted by molar-refractivity contribution is 0.436. The van der Waals surface area contributed by atoms with Crippen LogP contribution in [0.3, 0.4) is 0 Å². The first-order chi connectivity index (χ1) is 45.6. The third-order valence-corrected chi connectivity index (χ3v) is 20.2. The Balaban J connectivity index is 0.811. The molecule has 0 unspecified atom stereocenters. The van der Waals surface area contributed by atoms with E-state index in [0.29, 0.717) is 6.67 Å². The first kappa shape index (κ1) is 59.6. The summed E-state index contributed by atoms with van der Waals surface area (Å²) in [6.07, 6.45) is 2.08. The summed E-state index contributed by atoms with van der Waals surface area (Å²) in [5.41, 5.74) is 25.1. The van der Waals surface area contributed by atoms with Crippen molar-refractivity contribution in [1.82, 2.24) is 9.55 Å². The molecule has 1 aliphatic carbocycles. The van der Waals surface area contributed by atoms with Crippen molar-refractivity contribution >= 4 is 44.6 Å². The number of hydrogen-bond acceptors (Lipinski definition) is 5. The van der Waals surface area contributed by atoms with Crippen LogP contribution in [0.5, 0.6) is 23.0 Å². The highest BCUT2D eigenvalue weighted by Crippen LogP contribution is 2.63. The normalized spacial score (nSPS) is 14.0. The van der Waals surface area contributed by atoms with E-state index in [2.05, 4.69) is 352 Å². The number of nitrogens with zero attached hydrogens (tertiary/aromatic N) is 4. The van der Waals surface area contributed by atoms with E-state index in [0.717, 1.165) is 101 Å². The predicted molar refractivity (Wildman–Crippen MR) is 396 cm³/mol. The molecule has 11 aromatic carbocycles. The summed E-state index contributed by atoms with van der Waals surface area (Å²) in [7, 11) is 0. The minimum Gasteiger partial charge on any atom is -0.457 e. The van der Waals surface area contributed by atoms with Gasteiger partial charge in [-0.25, -0.2) is 4.98 Å². The Bertz CT molecular complexity index is 5170. The van der Waals surface area contributed by atoms with Gasteiger partial charge in [-0.1, -0.05) is 253 Å². The summed E-state index contributed by atoms with van der Waals surface area (Å²) in [5, 5.41) is 2.30. The number of benzene rings is 11. The minimum atomic E-state index is -0.571. The maximum Gasteiger partial charge on any atom is 0.137 e.